The summed E-state index contributed by atoms with van der Waals surface area (Å²) in [6.45, 7) is 1.08. The van der Waals surface area contributed by atoms with Crippen LogP contribution in [0.25, 0.3) is 0 Å². The summed E-state index contributed by atoms with van der Waals surface area (Å²) in [4.78, 5) is 38.1. The first-order valence-electron chi connectivity index (χ1n) is 12.3. The third-order valence-electron chi connectivity index (χ3n) is 7.40. The number of phenols is 2. The zero-order chi connectivity index (χ0) is 27.9. The van der Waals surface area contributed by atoms with Crippen molar-refractivity contribution in [3.63, 3.8) is 0 Å². The van der Waals surface area contributed by atoms with Gasteiger partial charge in [-0.15, -0.1) is 0 Å². The molecule has 3 aliphatic rings. The lowest BCUT2D eigenvalue weighted by molar-refractivity contribution is -0.198. The number of carbonyl (C=O) groups is 3. The normalized spacial score (nSPS) is 25.9. The van der Waals surface area contributed by atoms with Crippen molar-refractivity contribution in [2.24, 2.45) is 11.7 Å². The fraction of sp³-hybridized carbons (Fsp3) is 0.444. The molecule has 204 valence electrons. The van der Waals surface area contributed by atoms with E-state index in [1.54, 1.807) is 19.1 Å². The Morgan fingerprint density at radius 3 is 2.37 bits per heavy atom. The van der Waals surface area contributed by atoms with E-state index < -0.39 is 36.5 Å². The SMILES string of the molecule is CC1OC(O)C[C@@H](N)C1O.COc1cccc2c1C(=O)c1c(O)c3c(c(O)c1C2=O)CC(C(=O)CO)CC3. The summed E-state index contributed by atoms with van der Waals surface area (Å²) < 4.78 is 10.1. The van der Waals surface area contributed by atoms with Crippen molar-refractivity contribution in [1.29, 1.82) is 0 Å². The van der Waals surface area contributed by atoms with E-state index in [0.29, 0.717) is 18.4 Å². The molecule has 1 heterocycles. The van der Waals surface area contributed by atoms with Crippen molar-refractivity contribution in [2.75, 3.05) is 13.7 Å². The average molecular weight is 530 g/mol. The molecule has 0 aromatic heterocycles. The number of aromatic hydroxyl groups is 2. The highest BCUT2D eigenvalue weighted by atomic mass is 16.6. The van der Waals surface area contributed by atoms with E-state index in [0.717, 1.165) is 0 Å². The monoisotopic (exact) mass is 529 g/mol. The van der Waals surface area contributed by atoms with Gasteiger partial charge in [0.2, 0.25) is 5.78 Å². The molecule has 1 saturated heterocycles. The van der Waals surface area contributed by atoms with Gasteiger partial charge in [0, 0.05) is 35.1 Å². The molecule has 0 bridgehead atoms. The third-order valence-corrected chi connectivity index (χ3v) is 7.40. The summed E-state index contributed by atoms with van der Waals surface area (Å²) in [6, 6.07) is 4.22. The first-order chi connectivity index (χ1) is 18.0. The summed E-state index contributed by atoms with van der Waals surface area (Å²) in [7, 11) is 1.38. The lowest BCUT2D eigenvalue weighted by atomic mass is 9.75. The van der Waals surface area contributed by atoms with Crippen molar-refractivity contribution in [3.05, 3.63) is 51.6 Å². The number of hydrogen-bond acceptors (Lipinski definition) is 11. The molecule has 7 N–H and O–H groups in total. The van der Waals surface area contributed by atoms with Crippen LogP contribution in [0.15, 0.2) is 18.2 Å². The number of carbonyl (C=O) groups excluding carboxylic acids is 3. The largest absolute Gasteiger partial charge is 0.507 e. The molecule has 2 aliphatic carbocycles. The van der Waals surface area contributed by atoms with Gasteiger partial charge in [0.15, 0.2) is 17.9 Å². The number of benzene rings is 2. The van der Waals surface area contributed by atoms with Crippen LogP contribution >= 0.6 is 0 Å². The predicted molar refractivity (Wildman–Crippen MR) is 132 cm³/mol. The van der Waals surface area contributed by atoms with Crippen LogP contribution in [-0.4, -0.2) is 81.1 Å². The van der Waals surface area contributed by atoms with Crippen LogP contribution in [0.5, 0.6) is 17.2 Å². The minimum absolute atomic E-state index is 0.0568. The van der Waals surface area contributed by atoms with Gasteiger partial charge in [-0.3, -0.25) is 14.4 Å². The Hall–Kier alpha value is -3.35. The molecule has 2 aromatic carbocycles. The molecule has 0 amide bonds. The fourth-order valence-electron chi connectivity index (χ4n) is 5.32. The highest BCUT2D eigenvalue weighted by Crippen LogP contribution is 2.47. The van der Waals surface area contributed by atoms with Crippen molar-refractivity contribution in [2.45, 2.75) is 57.1 Å². The number of rotatable bonds is 3. The van der Waals surface area contributed by atoms with E-state index in [1.165, 1.54) is 13.2 Å². The molecule has 5 atom stereocenters. The number of ketones is 3. The molecule has 5 rings (SSSR count). The number of Topliss-reactive ketones (excluding diaryl/α,β-unsaturated/α-hetero) is 1. The molecule has 0 saturated carbocycles. The summed E-state index contributed by atoms with van der Waals surface area (Å²) in [5.41, 5.74) is 5.77. The minimum atomic E-state index is -0.812. The van der Waals surface area contributed by atoms with Gasteiger partial charge in [0.1, 0.15) is 23.9 Å². The summed E-state index contributed by atoms with van der Waals surface area (Å²) in [5.74, 6) is -2.56. The highest BCUT2D eigenvalue weighted by molar-refractivity contribution is 6.31. The lowest BCUT2D eigenvalue weighted by Gasteiger charge is -2.33. The molecule has 4 unspecified atom stereocenters. The van der Waals surface area contributed by atoms with Gasteiger partial charge in [0.05, 0.1) is 36.0 Å². The Kier molecular flexibility index (Phi) is 7.86. The summed E-state index contributed by atoms with van der Waals surface area (Å²) >= 11 is 0. The summed E-state index contributed by atoms with van der Waals surface area (Å²) in [6.07, 6.45) is -0.798. The van der Waals surface area contributed by atoms with Crippen LogP contribution in [0.3, 0.4) is 0 Å². The maximum atomic E-state index is 13.1. The molecule has 2 aromatic rings. The second-order valence-corrected chi connectivity index (χ2v) is 9.70. The number of ether oxygens (including phenoxy) is 2. The van der Waals surface area contributed by atoms with Crippen LogP contribution in [0.1, 0.15) is 62.7 Å². The van der Waals surface area contributed by atoms with Crippen molar-refractivity contribution < 1.29 is 49.4 Å². The van der Waals surface area contributed by atoms with E-state index in [-0.39, 0.29) is 75.8 Å². The Balaban J connectivity index is 0.000000283. The number of hydrogen-bond donors (Lipinski definition) is 6. The molecule has 1 fully saturated rings. The van der Waals surface area contributed by atoms with Gasteiger partial charge in [0.25, 0.3) is 0 Å². The molecular formula is C27H31NO10. The van der Waals surface area contributed by atoms with E-state index in [9.17, 15) is 29.7 Å². The number of aliphatic hydroxyl groups excluding tert-OH is 3. The molecule has 1 aliphatic heterocycles. The minimum Gasteiger partial charge on any atom is -0.507 e. The molecule has 11 heteroatoms. The first kappa shape index (κ1) is 27.7. The number of nitrogens with two attached hydrogens (primary N) is 1. The van der Waals surface area contributed by atoms with Crippen LogP contribution in [0.2, 0.25) is 0 Å². The van der Waals surface area contributed by atoms with Gasteiger partial charge in [-0.25, -0.2) is 0 Å². The second-order valence-electron chi connectivity index (χ2n) is 9.70. The van der Waals surface area contributed by atoms with Crippen LogP contribution in [-0.2, 0) is 22.4 Å². The van der Waals surface area contributed by atoms with Crippen LogP contribution in [0, 0.1) is 5.92 Å². The molecule has 0 spiro atoms. The van der Waals surface area contributed by atoms with E-state index >= 15 is 0 Å². The number of aliphatic hydroxyl groups is 3. The van der Waals surface area contributed by atoms with Gasteiger partial charge in [-0.05, 0) is 32.3 Å². The van der Waals surface area contributed by atoms with Gasteiger partial charge >= 0.3 is 0 Å². The van der Waals surface area contributed by atoms with E-state index in [1.807, 2.05) is 0 Å². The van der Waals surface area contributed by atoms with Gasteiger partial charge < -0.3 is 40.7 Å². The highest BCUT2D eigenvalue weighted by Gasteiger charge is 2.41. The smallest absolute Gasteiger partial charge is 0.202 e. The zero-order valence-corrected chi connectivity index (χ0v) is 21.0. The quantitative estimate of drug-likeness (QED) is 0.256. The number of fused-ring (bicyclic) bond motifs is 3. The molecule has 0 radical (unpaired) electrons. The number of phenolic OH excluding ortho intramolecular Hbond substituents is 2. The second kappa shape index (κ2) is 10.8. The van der Waals surface area contributed by atoms with Crippen LogP contribution in [0.4, 0.5) is 0 Å². The zero-order valence-electron chi connectivity index (χ0n) is 21.0. The topological polar surface area (TPSA) is 197 Å². The lowest BCUT2D eigenvalue weighted by Crippen LogP contribution is -2.51. The van der Waals surface area contributed by atoms with E-state index in [2.05, 4.69) is 0 Å². The Morgan fingerprint density at radius 1 is 1.08 bits per heavy atom. The van der Waals surface area contributed by atoms with Crippen molar-refractivity contribution in [3.8, 4) is 17.2 Å². The molecule has 11 nitrogen and oxygen atoms in total. The molecular weight excluding hydrogens is 498 g/mol. The van der Waals surface area contributed by atoms with Gasteiger partial charge in [-0.2, -0.15) is 0 Å². The van der Waals surface area contributed by atoms with E-state index in [4.69, 9.17) is 25.4 Å². The van der Waals surface area contributed by atoms with Gasteiger partial charge in [-0.1, -0.05) is 12.1 Å². The maximum Gasteiger partial charge on any atom is 0.202 e. The van der Waals surface area contributed by atoms with Crippen molar-refractivity contribution >= 4 is 17.3 Å². The Bertz CT molecular complexity index is 1280. The van der Waals surface area contributed by atoms with Crippen LogP contribution < -0.4 is 10.5 Å². The maximum absolute atomic E-state index is 13.1. The number of methoxy groups -OCH3 is 1. The molecule has 38 heavy (non-hydrogen) atoms. The standard InChI is InChI=1S/C21H18O7.C6H13NO3/c1-28-14-4-2-3-11-15(14)21(27)17-16(19(11)25)20(26)12-7-9(13(23)8-22)5-6-10(12)18(17)24;1-3-6(9)4(7)2-5(8)10-3/h2-4,9,22,24,26H,5-8H2,1H3;3-6,8-9H,2,7H2,1H3/t;3?,4-,5?,6?/m.1/s1. The van der Waals surface area contributed by atoms with Crippen molar-refractivity contribution in [1.82, 2.24) is 0 Å². The predicted octanol–water partition coefficient (Wildman–Crippen LogP) is 0.350. The fourth-order valence-corrected chi connectivity index (χ4v) is 5.32. The Morgan fingerprint density at radius 2 is 1.74 bits per heavy atom. The summed E-state index contributed by atoms with van der Waals surface area (Å²) in [5, 5.41) is 48.9. The average Bonchev–Trinajstić information content (AvgIpc) is 2.91. The third kappa shape index (κ3) is 4.67. The Labute approximate surface area is 218 Å². The first-order valence-corrected chi connectivity index (χ1v) is 12.3.